The third-order valence-electron chi connectivity index (χ3n) is 4.33. The lowest BCUT2D eigenvalue weighted by Gasteiger charge is -2.28. The van der Waals surface area contributed by atoms with Crippen LogP contribution in [0.5, 0.6) is 0 Å². The maximum atomic E-state index is 12.8. The molecule has 2 amide bonds. The minimum absolute atomic E-state index is 0.104. The lowest BCUT2D eigenvalue weighted by molar-refractivity contribution is -0.139. The Bertz CT molecular complexity index is 508. The molecule has 1 aliphatic rings. The van der Waals surface area contributed by atoms with Crippen LogP contribution < -0.4 is 10.6 Å². The summed E-state index contributed by atoms with van der Waals surface area (Å²) in [4.78, 5) is 23.6. The quantitative estimate of drug-likeness (QED) is 0.840. The van der Waals surface area contributed by atoms with Gasteiger partial charge in [-0.2, -0.15) is 0 Å². The first-order valence-corrected chi connectivity index (χ1v) is 7.91. The van der Waals surface area contributed by atoms with Gasteiger partial charge in [0.1, 0.15) is 5.82 Å². The van der Waals surface area contributed by atoms with Crippen molar-refractivity contribution in [3.05, 3.63) is 35.6 Å². The summed E-state index contributed by atoms with van der Waals surface area (Å²) in [5, 5.41) is 5.35. The molecule has 4 nitrogen and oxygen atoms in total. The standard InChI is InChI=1S/C17H23FN2O2/c1-2-12-5-9-15(10-6-12)20-17(22)16(21)19-11-13-3-7-14(18)8-4-13/h3-4,7-8,12,15H,2,5-6,9-11H2,1H3,(H,19,21)(H,20,22). The van der Waals surface area contributed by atoms with Crippen molar-refractivity contribution in [3.8, 4) is 0 Å². The minimum atomic E-state index is -0.637. The fourth-order valence-electron chi connectivity index (χ4n) is 2.83. The first-order chi connectivity index (χ1) is 10.6. The van der Waals surface area contributed by atoms with Crippen molar-refractivity contribution in [2.45, 2.75) is 51.6 Å². The summed E-state index contributed by atoms with van der Waals surface area (Å²) in [5.74, 6) is -0.792. The molecule has 22 heavy (non-hydrogen) atoms. The van der Waals surface area contributed by atoms with Crippen LogP contribution in [0.4, 0.5) is 4.39 Å². The van der Waals surface area contributed by atoms with Gasteiger partial charge in [-0.15, -0.1) is 0 Å². The second kappa shape index (κ2) is 7.92. The molecule has 1 saturated carbocycles. The Morgan fingerprint density at radius 1 is 1.09 bits per heavy atom. The number of carbonyl (C=O) groups is 2. The Morgan fingerprint density at radius 3 is 2.32 bits per heavy atom. The summed E-state index contributed by atoms with van der Waals surface area (Å²) >= 11 is 0. The predicted molar refractivity (Wildman–Crippen MR) is 82.4 cm³/mol. The Balaban J connectivity index is 1.73. The molecular weight excluding hydrogens is 283 g/mol. The van der Waals surface area contributed by atoms with Crippen molar-refractivity contribution in [1.29, 1.82) is 0 Å². The Hall–Kier alpha value is -1.91. The number of rotatable bonds is 4. The van der Waals surface area contributed by atoms with Crippen LogP contribution in [-0.4, -0.2) is 17.9 Å². The number of halogens is 1. The van der Waals surface area contributed by atoms with E-state index in [0.29, 0.717) is 0 Å². The van der Waals surface area contributed by atoms with Gasteiger partial charge in [0.2, 0.25) is 0 Å². The Labute approximate surface area is 130 Å². The highest BCUT2D eigenvalue weighted by molar-refractivity contribution is 6.35. The van der Waals surface area contributed by atoms with E-state index in [9.17, 15) is 14.0 Å². The van der Waals surface area contributed by atoms with Crippen molar-refractivity contribution in [2.75, 3.05) is 0 Å². The molecule has 0 radical (unpaired) electrons. The van der Waals surface area contributed by atoms with Crippen LogP contribution >= 0.6 is 0 Å². The highest BCUT2D eigenvalue weighted by Crippen LogP contribution is 2.26. The first-order valence-electron chi connectivity index (χ1n) is 7.91. The summed E-state index contributed by atoms with van der Waals surface area (Å²) in [5.41, 5.74) is 0.756. The SMILES string of the molecule is CCC1CCC(NC(=O)C(=O)NCc2ccc(F)cc2)CC1. The molecule has 1 fully saturated rings. The van der Waals surface area contributed by atoms with Gasteiger partial charge < -0.3 is 10.6 Å². The van der Waals surface area contributed by atoms with Gasteiger partial charge in [-0.05, 0) is 49.3 Å². The van der Waals surface area contributed by atoms with Crippen molar-refractivity contribution in [3.63, 3.8) is 0 Å². The van der Waals surface area contributed by atoms with Crippen LogP contribution in [0, 0.1) is 11.7 Å². The summed E-state index contributed by atoms with van der Waals surface area (Å²) in [6, 6.07) is 5.92. The fourth-order valence-corrected chi connectivity index (χ4v) is 2.83. The zero-order chi connectivity index (χ0) is 15.9. The van der Waals surface area contributed by atoms with Crippen LogP contribution in [0.15, 0.2) is 24.3 Å². The highest BCUT2D eigenvalue weighted by atomic mass is 19.1. The van der Waals surface area contributed by atoms with Gasteiger partial charge in [0.15, 0.2) is 0 Å². The zero-order valence-corrected chi connectivity index (χ0v) is 12.9. The van der Waals surface area contributed by atoms with Crippen LogP contribution in [0.1, 0.15) is 44.6 Å². The number of carbonyl (C=O) groups excluding carboxylic acids is 2. The molecule has 1 aliphatic carbocycles. The normalized spacial score (nSPS) is 21.2. The van der Waals surface area contributed by atoms with E-state index < -0.39 is 11.8 Å². The molecule has 0 heterocycles. The van der Waals surface area contributed by atoms with Crippen molar-refractivity contribution in [2.24, 2.45) is 5.92 Å². The molecule has 0 unspecified atom stereocenters. The number of nitrogens with one attached hydrogen (secondary N) is 2. The van der Waals surface area contributed by atoms with Gasteiger partial charge in [0.05, 0.1) is 0 Å². The third-order valence-corrected chi connectivity index (χ3v) is 4.33. The second-order valence-electron chi connectivity index (χ2n) is 5.91. The maximum Gasteiger partial charge on any atom is 0.309 e. The van der Waals surface area contributed by atoms with Gasteiger partial charge in [0, 0.05) is 12.6 Å². The zero-order valence-electron chi connectivity index (χ0n) is 12.9. The number of benzene rings is 1. The van der Waals surface area contributed by atoms with Crippen LogP contribution in [-0.2, 0) is 16.1 Å². The van der Waals surface area contributed by atoms with Gasteiger partial charge in [-0.25, -0.2) is 4.39 Å². The van der Waals surface area contributed by atoms with E-state index in [1.807, 2.05) is 0 Å². The molecule has 2 rings (SSSR count). The molecule has 1 aromatic rings. The summed E-state index contributed by atoms with van der Waals surface area (Å²) in [7, 11) is 0. The molecule has 1 aromatic carbocycles. The van der Waals surface area contributed by atoms with E-state index in [2.05, 4.69) is 17.6 Å². The Kier molecular flexibility index (Phi) is 5.92. The third kappa shape index (κ3) is 4.83. The summed E-state index contributed by atoms with van der Waals surface area (Å²) < 4.78 is 12.8. The molecule has 2 N–H and O–H groups in total. The van der Waals surface area contributed by atoms with Crippen LogP contribution in [0.25, 0.3) is 0 Å². The number of hydrogen-bond acceptors (Lipinski definition) is 2. The molecule has 0 aliphatic heterocycles. The molecule has 120 valence electrons. The van der Waals surface area contributed by atoms with Gasteiger partial charge >= 0.3 is 11.8 Å². The first kappa shape index (κ1) is 16.5. The van der Waals surface area contributed by atoms with E-state index in [1.165, 1.54) is 18.6 Å². The molecule has 0 bridgehead atoms. The van der Waals surface area contributed by atoms with Crippen LogP contribution in [0.2, 0.25) is 0 Å². The largest absolute Gasteiger partial charge is 0.345 e. The van der Waals surface area contributed by atoms with Gasteiger partial charge in [-0.3, -0.25) is 9.59 Å². The lowest BCUT2D eigenvalue weighted by Crippen LogP contribution is -2.45. The lowest BCUT2D eigenvalue weighted by atomic mass is 9.84. The van der Waals surface area contributed by atoms with Crippen LogP contribution in [0.3, 0.4) is 0 Å². The number of hydrogen-bond donors (Lipinski definition) is 2. The predicted octanol–water partition coefficient (Wildman–Crippen LogP) is 2.53. The van der Waals surface area contributed by atoms with Crippen molar-refractivity contribution < 1.29 is 14.0 Å². The average Bonchev–Trinajstić information content (AvgIpc) is 2.54. The topological polar surface area (TPSA) is 58.2 Å². The summed E-state index contributed by atoms with van der Waals surface area (Å²) in [6.07, 6.45) is 5.28. The maximum absolute atomic E-state index is 12.8. The monoisotopic (exact) mass is 306 g/mol. The molecule has 0 aromatic heterocycles. The van der Waals surface area contributed by atoms with E-state index >= 15 is 0 Å². The van der Waals surface area contributed by atoms with Gasteiger partial charge in [-0.1, -0.05) is 25.5 Å². The molecular formula is C17H23FN2O2. The van der Waals surface area contributed by atoms with E-state index in [4.69, 9.17) is 0 Å². The van der Waals surface area contributed by atoms with Gasteiger partial charge in [0.25, 0.3) is 0 Å². The van der Waals surface area contributed by atoms with E-state index in [-0.39, 0.29) is 18.4 Å². The van der Waals surface area contributed by atoms with Crippen molar-refractivity contribution in [1.82, 2.24) is 10.6 Å². The van der Waals surface area contributed by atoms with E-state index in [0.717, 1.165) is 37.2 Å². The average molecular weight is 306 g/mol. The number of amides is 2. The highest BCUT2D eigenvalue weighted by Gasteiger charge is 2.23. The van der Waals surface area contributed by atoms with E-state index in [1.54, 1.807) is 12.1 Å². The molecule has 0 saturated heterocycles. The fraction of sp³-hybridized carbons (Fsp3) is 0.529. The molecule has 0 spiro atoms. The Morgan fingerprint density at radius 2 is 1.73 bits per heavy atom. The van der Waals surface area contributed by atoms with Crippen molar-refractivity contribution >= 4 is 11.8 Å². The second-order valence-corrected chi connectivity index (χ2v) is 5.91. The molecule has 0 atom stereocenters. The molecule has 5 heteroatoms. The summed E-state index contributed by atoms with van der Waals surface area (Å²) in [6.45, 7) is 2.40. The smallest absolute Gasteiger partial charge is 0.309 e. The minimum Gasteiger partial charge on any atom is -0.345 e.